The van der Waals surface area contributed by atoms with Gasteiger partial charge < -0.3 is 51.1 Å². The second-order valence-corrected chi connectivity index (χ2v) is 3.07. The largest absolute Gasteiger partial charge is 2.00 e. The first-order chi connectivity index (χ1) is 8.18. The molecule has 0 aliphatic heterocycles. The number of carbonyl (C=O) groups is 2. The van der Waals surface area contributed by atoms with Gasteiger partial charge in [-0.15, -0.1) is 0 Å². The first-order valence-corrected chi connectivity index (χ1v) is 4.62. The summed E-state index contributed by atoms with van der Waals surface area (Å²) in [5, 5.41) is 62.6. The molecule has 11 heteroatoms. The van der Waals surface area contributed by atoms with Crippen molar-refractivity contribution in [3.05, 3.63) is 0 Å². The first kappa shape index (κ1) is 23.4. The molecule has 0 aromatic carbocycles. The molecule has 0 saturated heterocycles. The number of aliphatic carboxylic acids is 2. The smallest absolute Gasteiger partial charge is 0.549 e. The van der Waals surface area contributed by atoms with Crippen LogP contribution in [0.15, 0.2) is 0 Å². The summed E-state index contributed by atoms with van der Waals surface area (Å²) < 4.78 is 0. The van der Waals surface area contributed by atoms with Crippen LogP contribution in [0.3, 0.4) is 0 Å². The Balaban J connectivity index is -0.000000366. The summed E-state index contributed by atoms with van der Waals surface area (Å²) in [6.45, 7) is -1.25. The maximum atomic E-state index is 9.98. The molecule has 0 fully saturated rings. The summed E-state index contributed by atoms with van der Waals surface area (Å²) in [4.78, 5) is 19.1. The summed E-state index contributed by atoms with van der Waals surface area (Å²) in [7, 11) is 0. The molecule has 0 heterocycles. The number of rotatable bonds is 6. The Morgan fingerprint density at radius 1 is 1.05 bits per heavy atom. The molecule has 0 rings (SSSR count). The number of nitrogens with two attached hydrogens (primary N) is 1. The van der Waals surface area contributed by atoms with E-state index >= 15 is 0 Å². The van der Waals surface area contributed by atoms with Crippen molar-refractivity contribution in [3.8, 4) is 0 Å². The minimum absolute atomic E-state index is 0. The van der Waals surface area contributed by atoms with Gasteiger partial charge in [0.25, 0.3) is 0 Å². The fourth-order valence-corrected chi connectivity index (χ4v) is 0.662. The van der Waals surface area contributed by atoms with Crippen molar-refractivity contribution >= 4 is 11.9 Å². The Kier molecular flexibility index (Phi) is 15.2. The Morgan fingerprint density at radius 3 is 1.63 bits per heavy atom. The van der Waals surface area contributed by atoms with Crippen molar-refractivity contribution in [1.82, 2.24) is 0 Å². The van der Waals surface area contributed by atoms with E-state index in [2.05, 4.69) is 5.73 Å². The number of aliphatic hydroxyl groups excluding tert-OH is 5. The van der Waals surface area contributed by atoms with Gasteiger partial charge in [0.15, 0.2) is 0 Å². The number of hydrogen-bond acceptors (Lipinski definition) is 10. The van der Waals surface area contributed by atoms with Gasteiger partial charge in [-0.25, -0.2) is 0 Å². The van der Waals surface area contributed by atoms with Crippen molar-refractivity contribution < 1.29 is 64.8 Å². The number of aliphatic hydroxyl groups is 5. The molecular weight excluding hydrogens is 319 g/mol. The molecule has 108 valence electrons. The van der Waals surface area contributed by atoms with E-state index in [1.807, 2.05) is 0 Å². The van der Waals surface area contributed by atoms with Gasteiger partial charge in [-0.3, -0.25) is 0 Å². The molecule has 0 saturated carbocycles. The number of carboxylic acid groups (broad SMARTS) is 2. The van der Waals surface area contributed by atoms with Crippen molar-refractivity contribution in [2.75, 3.05) is 13.2 Å². The molecule has 4 atom stereocenters. The normalized spacial score (nSPS) is 15.9. The monoisotopic (exact) mass is 333 g/mol. The Morgan fingerprint density at radius 2 is 1.42 bits per heavy atom. The molecule has 0 aliphatic rings. The zero-order valence-electron chi connectivity index (χ0n) is 9.88. The summed E-state index contributed by atoms with van der Waals surface area (Å²) in [6, 6.07) is 0. The summed E-state index contributed by atoms with van der Waals surface area (Å²) >= 11 is 0. The maximum Gasteiger partial charge on any atom is 2.00 e. The zero-order valence-corrected chi connectivity index (χ0v) is 12.8. The maximum absolute atomic E-state index is 9.98. The van der Waals surface area contributed by atoms with E-state index in [4.69, 9.17) is 35.4 Å². The van der Waals surface area contributed by atoms with Gasteiger partial charge in [0, 0.05) is 6.54 Å². The third-order valence-electron chi connectivity index (χ3n) is 1.66. The Labute approximate surface area is 120 Å². The van der Waals surface area contributed by atoms with E-state index in [0.717, 1.165) is 0 Å². The topological polar surface area (TPSA) is 207 Å². The van der Waals surface area contributed by atoms with E-state index in [9.17, 15) is 9.90 Å². The first-order valence-electron chi connectivity index (χ1n) is 4.62. The van der Waals surface area contributed by atoms with Gasteiger partial charge >= 0.3 is 19.5 Å². The van der Waals surface area contributed by atoms with E-state index < -0.39 is 43.0 Å². The fourth-order valence-electron chi connectivity index (χ4n) is 0.662. The molecule has 0 unspecified atom stereocenters. The van der Waals surface area contributed by atoms with Crippen LogP contribution in [0.5, 0.6) is 0 Å². The molecule has 0 aliphatic carbocycles. The predicted octanol–water partition coefficient (Wildman–Crippen LogP) is -7.14. The molecule has 0 bridgehead atoms. The molecule has 0 radical (unpaired) electrons. The fraction of sp³-hybridized carbons (Fsp3) is 0.750. The van der Waals surface area contributed by atoms with Crippen LogP contribution in [0, 0.1) is 0 Å². The average Bonchev–Trinajstić information content (AvgIpc) is 2.35. The molecule has 7 N–H and O–H groups in total. The van der Waals surface area contributed by atoms with Gasteiger partial charge in [-0.05, 0) is 0 Å². The Hall–Kier alpha value is -0.677. The van der Waals surface area contributed by atoms with Crippen LogP contribution in [0.1, 0.15) is 0 Å². The van der Waals surface area contributed by atoms with Crippen LogP contribution in [-0.4, -0.2) is 75.0 Å². The molecule has 0 aromatic rings. The van der Waals surface area contributed by atoms with Crippen molar-refractivity contribution in [2.24, 2.45) is 5.73 Å². The van der Waals surface area contributed by atoms with Crippen molar-refractivity contribution in [1.29, 1.82) is 0 Å². The third kappa shape index (κ3) is 10.9. The summed E-state index contributed by atoms with van der Waals surface area (Å²) in [6.07, 6.45) is -8.08. The molecule has 0 amide bonds. The number of carboxylic acids is 2. The van der Waals surface area contributed by atoms with Crippen molar-refractivity contribution in [2.45, 2.75) is 24.4 Å². The van der Waals surface area contributed by atoms with Gasteiger partial charge in [-0.2, -0.15) is 0 Å². The third-order valence-corrected chi connectivity index (χ3v) is 1.66. The van der Waals surface area contributed by atoms with Gasteiger partial charge in [0.05, 0.1) is 18.5 Å². The van der Waals surface area contributed by atoms with Crippen LogP contribution >= 0.6 is 0 Å². The van der Waals surface area contributed by atoms with E-state index in [0.29, 0.717) is 0 Å². The van der Waals surface area contributed by atoms with E-state index in [1.54, 1.807) is 0 Å². The molecule has 0 aromatic heterocycles. The SMILES string of the molecule is NCC(=O)[O-].O=C([O-])[C@H](O)[C@@H](O)[C@H](O)[C@H](O)CO.[Zn+2]. The van der Waals surface area contributed by atoms with Gasteiger partial charge in [0.2, 0.25) is 0 Å². The second kappa shape index (κ2) is 12.4. The molecule has 19 heavy (non-hydrogen) atoms. The minimum atomic E-state index is -2.31. The van der Waals surface area contributed by atoms with Crippen LogP contribution in [0.25, 0.3) is 0 Å². The van der Waals surface area contributed by atoms with Crippen LogP contribution in [0.2, 0.25) is 0 Å². The van der Waals surface area contributed by atoms with Crippen molar-refractivity contribution in [3.63, 3.8) is 0 Å². The molecular formula is C8H15NO9Zn. The van der Waals surface area contributed by atoms with Gasteiger partial charge in [0.1, 0.15) is 24.4 Å². The summed E-state index contributed by atoms with van der Waals surface area (Å²) in [5.41, 5.74) is 4.51. The van der Waals surface area contributed by atoms with Crippen LogP contribution in [-0.2, 0) is 29.1 Å². The zero-order chi connectivity index (χ0) is 14.9. The standard InChI is InChI=1S/C6H12O7.C2H5NO2.Zn/c7-1-2(8)3(9)4(10)5(11)6(12)13;3-1-2(4)5;/h2-5,7-11H,1H2,(H,12,13);1,3H2,(H,4,5);/q;;+2/p-2/t2-,3-,4+,5-;;/m1../s1. The van der Waals surface area contributed by atoms with Gasteiger partial charge in [-0.1, -0.05) is 0 Å². The quantitative estimate of drug-likeness (QED) is 0.253. The number of hydrogen-bond donors (Lipinski definition) is 6. The van der Waals surface area contributed by atoms with E-state index in [1.165, 1.54) is 0 Å². The van der Waals surface area contributed by atoms with E-state index in [-0.39, 0.29) is 26.0 Å². The molecule has 0 spiro atoms. The summed E-state index contributed by atoms with van der Waals surface area (Å²) in [5.74, 6) is -3.19. The second-order valence-electron chi connectivity index (χ2n) is 3.07. The predicted molar refractivity (Wildman–Crippen MR) is 50.2 cm³/mol. The van der Waals surface area contributed by atoms with Crippen LogP contribution in [0.4, 0.5) is 0 Å². The van der Waals surface area contributed by atoms with Crippen LogP contribution < -0.4 is 15.9 Å². The average molecular weight is 335 g/mol. The number of carbonyl (C=O) groups excluding carboxylic acids is 2. The Bertz CT molecular complexity index is 265. The molecule has 10 nitrogen and oxygen atoms in total. The minimum Gasteiger partial charge on any atom is -0.549 e.